The molecule has 1 aromatic heterocycles. The largest absolute Gasteiger partial charge is 0.348 e. The van der Waals surface area contributed by atoms with E-state index in [0.29, 0.717) is 5.92 Å². The van der Waals surface area contributed by atoms with Crippen LogP contribution in [0.1, 0.15) is 51.3 Å². The van der Waals surface area contributed by atoms with Crippen LogP contribution >= 0.6 is 0 Å². The maximum absolute atomic E-state index is 4.28. The molecule has 12 heavy (non-hydrogen) atoms. The lowest BCUT2D eigenvalue weighted by atomic mass is 9.99. The highest BCUT2D eigenvalue weighted by Gasteiger charge is 2.09. The van der Waals surface area contributed by atoms with E-state index in [4.69, 9.17) is 0 Å². The van der Waals surface area contributed by atoms with Gasteiger partial charge < -0.3 is 4.98 Å². The van der Waals surface area contributed by atoms with Crippen molar-refractivity contribution in [2.45, 2.75) is 45.4 Å². The fourth-order valence-corrected chi connectivity index (χ4v) is 1.49. The Bertz CT molecular complexity index is 192. The average Bonchev–Trinajstić information content (AvgIpc) is 2.59. The van der Waals surface area contributed by atoms with E-state index in [-0.39, 0.29) is 0 Å². The second-order valence-corrected chi connectivity index (χ2v) is 3.22. The molecule has 2 nitrogen and oxygen atoms in total. The van der Waals surface area contributed by atoms with Crippen LogP contribution in [-0.2, 0) is 0 Å². The summed E-state index contributed by atoms with van der Waals surface area (Å²) in [5, 5.41) is 0. The number of nitrogens with zero attached hydrogens (tertiary/aromatic N) is 1. The van der Waals surface area contributed by atoms with Crippen LogP contribution in [0.15, 0.2) is 12.4 Å². The van der Waals surface area contributed by atoms with Crippen LogP contribution in [0.4, 0.5) is 0 Å². The third-order valence-corrected chi connectivity index (χ3v) is 2.31. The SMILES string of the molecule is CCCCC(CC)c1ncc[nH]1. The van der Waals surface area contributed by atoms with Gasteiger partial charge in [0.2, 0.25) is 0 Å². The molecule has 0 spiro atoms. The number of H-pyrrole nitrogens is 1. The van der Waals surface area contributed by atoms with E-state index in [9.17, 15) is 0 Å². The third-order valence-electron chi connectivity index (χ3n) is 2.31. The van der Waals surface area contributed by atoms with Crippen molar-refractivity contribution in [3.05, 3.63) is 18.2 Å². The van der Waals surface area contributed by atoms with Gasteiger partial charge in [-0.25, -0.2) is 4.98 Å². The molecule has 1 rings (SSSR count). The minimum Gasteiger partial charge on any atom is -0.348 e. The number of hydrogen-bond donors (Lipinski definition) is 1. The Balaban J connectivity index is 2.45. The summed E-state index contributed by atoms with van der Waals surface area (Å²) in [7, 11) is 0. The van der Waals surface area contributed by atoms with Gasteiger partial charge in [0.1, 0.15) is 5.82 Å². The fourth-order valence-electron chi connectivity index (χ4n) is 1.49. The summed E-state index contributed by atoms with van der Waals surface area (Å²) in [6.45, 7) is 4.46. The first-order valence-electron chi connectivity index (χ1n) is 4.87. The predicted molar refractivity (Wildman–Crippen MR) is 51.1 cm³/mol. The lowest BCUT2D eigenvalue weighted by Gasteiger charge is -2.10. The minimum atomic E-state index is 0.639. The van der Waals surface area contributed by atoms with Crippen molar-refractivity contribution in [1.29, 1.82) is 0 Å². The Hall–Kier alpha value is -0.790. The van der Waals surface area contributed by atoms with Gasteiger partial charge in [-0.05, 0) is 12.8 Å². The molecule has 0 bridgehead atoms. The topological polar surface area (TPSA) is 28.7 Å². The molecule has 1 N–H and O–H groups in total. The molecule has 0 saturated carbocycles. The van der Waals surface area contributed by atoms with Crippen LogP contribution < -0.4 is 0 Å². The van der Waals surface area contributed by atoms with Gasteiger partial charge in [0.05, 0.1) is 0 Å². The van der Waals surface area contributed by atoms with Crippen LogP contribution in [-0.4, -0.2) is 9.97 Å². The van der Waals surface area contributed by atoms with Crippen LogP contribution in [0, 0.1) is 0 Å². The van der Waals surface area contributed by atoms with Gasteiger partial charge in [0, 0.05) is 18.3 Å². The summed E-state index contributed by atoms with van der Waals surface area (Å²) in [4.78, 5) is 7.47. The van der Waals surface area contributed by atoms with Crippen molar-refractivity contribution in [1.82, 2.24) is 9.97 Å². The Morgan fingerprint density at radius 2 is 2.33 bits per heavy atom. The Morgan fingerprint density at radius 3 is 2.83 bits per heavy atom. The van der Waals surface area contributed by atoms with E-state index in [1.54, 1.807) is 0 Å². The van der Waals surface area contributed by atoms with Crippen molar-refractivity contribution < 1.29 is 0 Å². The predicted octanol–water partition coefficient (Wildman–Crippen LogP) is 3.09. The minimum absolute atomic E-state index is 0.639. The number of aromatic nitrogens is 2. The Kier molecular flexibility index (Phi) is 3.85. The van der Waals surface area contributed by atoms with Crippen LogP contribution in [0.25, 0.3) is 0 Å². The van der Waals surface area contributed by atoms with Crippen molar-refractivity contribution in [2.24, 2.45) is 0 Å². The summed E-state index contributed by atoms with van der Waals surface area (Å²) in [5.74, 6) is 1.80. The third kappa shape index (κ3) is 2.36. The van der Waals surface area contributed by atoms with E-state index < -0.39 is 0 Å². The van der Waals surface area contributed by atoms with Gasteiger partial charge in [0.15, 0.2) is 0 Å². The highest BCUT2D eigenvalue weighted by atomic mass is 14.9. The molecule has 0 amide bonds. The first kappa shape index (κ1) is 9.30. The molecule has 0 fully saturated rings. The van der Waals surface area contributed by atoms with Crippen molar-refractivity contribution >= 4 is 0 Å². The quantitative estimate of drug-likeness (QED) is 0.715. The second-order valence-electron chi connectivity index (χ2n) is 3.22. The van der Waals surface area contributed by atoms with Crippen LogP contribution in [0.5, 0.6) is 0 Å². The van der Waals surface area contributed by atoms with E-state index in [1.165, 1.54) is 25.7 Å². The Labute approximate surface area is 74.4 Å². The molecule has 1 unspecified atom stereocenters. The lowest BCUT2D eigenvalue weighted by Crippen LogP contribution is -1.99. The molecule has 1 heterocycles. The van der Waals surface area contributed by atoms with E-state index in [2.05, 4.69) is 23.8 Å². The van der Waals surface area contributed by atoms with Gasteiger partial charge in [-0.3, -0.25) is 0 Å². The van der Waals surface area contributed by atoms with Gasteiger partial charge >= 0.3 is 0 Å². The second kappa shape index (κ2) is 4.96. The standard InChI is InChI=1S/C10H18N2/c1-3-5-6-9(4-2)10-11-7-8-12-10/h7-9H,3-6H2,1-2H3,(H,11,12). The summed E-state index contributed by atoms with van der Waals surface area (Å²) >= 11 is 0. The van der Waals surface area contributed by atoms with E-state index in [0.717, 1.165) is 5.82 Å². The molecule has 68 valence electrons. The zero-order valence-corrected chi connectivity index (χ0v) is 8.01. The zero-order chi connectivity index (χ0) is 8.81. The molecular formula is C10H18N2. The van der Waals surface area contributed by atoms with E-state index >= 15 is 0 Å². The Morgan fingerprint density at radius 1 is 1.50 bits per heavy atom. The molecule has 0 saturated heterocycles. The molecule has 0 aromatic carbocycles. The summed E-state index contributed by atoms with van der Waals surface area (Å²) in [5.41, 5.74) is 0. The maximum Gasteiger partial charge on any atom is 0.109 e. The molecule has 2 heteroatoms. The molecular weight excluding hydrogens is 148 g/mol. The number of unbranched alkanes of at least 4 members (excludes halogenated alkanes) is 1. The van der Waals surface area contributed by atoms with Gasteiger partial charge in [0.25, 0.3) is 0 Å². The van der Waals surface area contributed by atoms with Gasteiger partial charge in [-0.15, -0.1) is 0 Å². The highest BCUT2D eigenvalue weighted by molar-refractivity contribution is 4.95. The monoisotopic (exact) mass is 166 g/mol. The molecule has 0 aliphatic heterocycles. The van der Waals surface area contributed by atoms with Crippen LogP contribution in [0.2, 0.25) is 0 Å². The number of imidazole rings is 1. The van der Waals surface area contributed by atoms with E-state index in [1.807, 2.05) is 12.4 Å². The smallest absolute Gasteiger partial charge is 0.109 e. The van der Waals surface area contributed by atoms with Crippen molar-refractivity contribution in [3.8, 4) is 0 Å². The maximum atomic E-state index is 4.28. The first-order chi connectivity index (χ1) is 5.88. The number of aromatic amines is 1. The average molecular weight is 166 g/mol. The zero-order valence-electron chi connectivity index (χ0n) is 8.01. The molecule has 0 aliphatic carbocycles. The summed E-state index contributed by atoms with van der Waals surface area (Å²) in [6.07, 6.45) is 8.78. The highest BCUT2D eigenvalue weighted by Crippen LogP contribution is 2.21. The summed E-state index contributed by atoms with van der Waals surface area (Å²) < 4.78 is 0. The number of nitrogens with one attached hydrogen (secondary N) is 1. The fraction of sp³-hybridized carbons (Fsp3) is 0.700. The molecule has 1 atom stereocenters. The van der Waals surface area contributed by atoms with Crippen molar-refractivity contribution in [2.75, 3.05) is 0 Å². The van der Waals surface area contributed by atoms with Gasteiger partial charge in [-0.1, -0.05) is 26.7 Å². The van der Waals surface area contributed by atoms with Gasteiger partial charge in [-0.2, -0.15) is 0 Å². The molecule has 1 aromatic rings. The molecule has 0 aliphatic rings. The number of hydrogen-bond acceptors (Lipinski definition) is 1. The van der Waals surface area contributed by atoms with Crippen LogP contribution in [0.3, 0.4) is 0 Å². The van der Waals surface area contributed by atoms with Crippen molar-refractivity contribution in [3.63, 3.8) is 0 Å². The number of rotatable bonds is 5. The first-order valence-corrected chi connectivity index (χ1v) is 4.87. The normalized spacial score (nSPS) is 13.2. The lowest BCUT2D eigenvalue weighted by molar-refractivity contribution is 0.547. The molecule has 0 radical (unpaired) electrons. The summed E-state index contributed by atoms with van der Waals surface area (Å²) in [6, 6.07) is 0.